The Bertz CT molecular complexity index is 451. The van der Waals surface area contributed by atoms with E-state index in [0.29, 0.717) is 16.5 Å². The summed E-state index contributed by atoms with van der Waals surface area (Å²) in [7, 11) is 0. The number of phenolic OH excluding ortho intramolecular Hbond substituents is 1. The van der Waals surface area contributed by atoms with Gasteiger partial charge in [-0.2, -0.15) is 11.8 Å². The molecule has 2 aliphatic carbocycles. The number of rotatable bonds is 4. The summed E-state index contributed by atoms with van der Waals surface area (Å²) in [6, 6.07) is 6.35. The Morgan fingerprint density at radius 1 is 1.37 bits per heavy atom. The second kappa shape index (κ2) is 5.37. The lowest BCUT2D eigenvalue weighted by molar-refractivity contribution is 0.321. The molecule has 1 aromatic rings. The minimum Gasteiger partial charge on any atom is -0.508 e. The zero-order chi connectivity index (χ0) is 13.3. The van der Waals surface area contributed by atoms with E-state index in [1.807, 2.05) is 23.9 Å². The fourth-order valence-corrected chi connectivity index (χ4v) is 4.27. The number of hydrogen-bond acceptors (Lipinski definition) is 3. The quantitative estimate of drug-likeness (QED) is 0.881. The molecule has 0 spiro atoms. The highest BCUT2D eigenvalue weighted by atomic mass is 32.2. The van der Waals surface area contributed by atoms with Gasteiger partial charge in [0, 0.05) is 17.3 Å². The van der Waals surface area contributed by atoms with E-state index in [9.17, 15) is 5.11 Å². The average molecular weight is 277 g/mol. The van der Waals surface area contributed by atoms with Gasteiger partial charge in [-0.25, -0.2) is 0 Å². The third kappa shape index (κ3) is 2.63. The van der Waals surface area contributed by atoms with Crippen LogP contribution in [0.25, 0.3) is 0 Å². The highest BCUT2D eigenvalue weighted by Crippen LogP contribution is 2.43. The molecule has 1 aromatic carbocycles. The van der Waals surface area contributed by atoms with Crippen LogP contribution in [0.5, 0.6) is 5.75 Å². The van der Waals surface area contributed by atoms with Crippen LogP contribution in [0.4, 0.5) is 0 Å². The largest absolute Gasteiger partial charge is 0.508 e. The maximum atomic E-state index is 9.60. The molecule has 1 saturated carbocycles. The van der Waals surface area contributed by atoms with E-state index in [1.165, 1.54) is 43.2 Å². The Labute approximate surface area is 120 Å². The van der Waals surface area contributed by atoms with Crippen LogP contribution in [-0.2, 0) is 6.42 Å². The molecule has 0 radical (unpaired) electrons. The Morgan fingerprint density at radius 2 is 2.21 bits per heavy atom. The smallest absolute Gasteiger partial charge is 0.115 e. The van der Waals surface area contributed by atoms with Crippen molar-refractivity contribution in [1.82, 2.24) is 5.32 Å². The van der Waals surface area contributed by atoms with Crippen LogP contribution in [0.15, 0.2) is 18.2 Å². The Kier molecular flexibility index (Phi) is 3.77. The fourth-order valence-electron chi connectivity index (χ4n) is 3.35. The van der Waals surface area contributed by atoms with Crippen molar-refractivity contribution in [2.24, 2.45) is 0 Å². The van der Waals surface area contributed by atoms with Crippen molar-refractivity contribution in [2.45, 2.75) is 49.3 Å². The molecule has 0 saturated heterocycles. The number of aromatic hydroxyl groups is 1. The van der Waals surface area contributed by atoms with Crippen LogP contribution in [0.1, 0.15) is 49.3 Å². The highest BCUT2D eigenvalue weighted by molar-refractivity contribution is 8.00. The summed E-state index contributed by atoms with van der Waals surface area (Å²) in [5, 5.41) is 13.4. The predicted octanol–water partition coefficient (Wildman–Crippen LogP) is 3.64. The van der Waals surface area contributed by atoms with Gasteiger partial charge in [0.15, 0.2) is 0 Å². The lowest BCUT2D eigenvalue weighted by atomic mass is 9.82. The first kappa shape index (κ1) is 13.3. The number of hydrogen-bond donors (Lipinski definition) is 2. The number of aryl methyl sites for hydroxylation is 1. The van der Waals surface area contributed by atoms with Crippen molar-refractivity contribution in [2.75, 3.05) is 12.8 Å². The summed E-state index contributed by atoms with van der Waals surface area (Å²) in [5.74, 6) is 0.402. The van der Waals surface area contributed by atoms with Gasteiger partial charge in [0.2, 0.25) is 0 Å². The van der Waals surface area contributed by atoms with Gasteiger partial charge in [-0.15, -0.1) is 0 Å². The maximum absolute atomic E-state index is 9.60. The van der Waals surface area contributed by atoms with Gasteiger partial charge in [0.1, 0.15) is 5.75 Å². The SMILES string of the molecule is CSC1(CNC2CCCc3cc(O)ccc32)CCC1. The normalized spacial score (nSPS) is 24.6. The summed E-state index contributed by atoms with van der Waals surface area (Å²) in [6.45, 7) is 1.12. The lowest BCUT2D eigenvalue weighted by Crippen LogP contribution is -2.44. The second-order valence-electron chi connectivity index (χ2n) is 5.95. The molecule has 3 rings (SSSR count). The molecular weight excluding hydrogens is 254 g/mol. The standard InChI is InChI=1S/C16H23NOS/c1-19-16(8-3-9-16)11-17-15-5-2-4-12-10-13(18)6-7-14(12)15/h6-7,10,15,17-18H,2-5,8-9,11H2,1H3. The summed E-state index contributed by atoms with van der Waals surface area (Å²) < 4.78 is 0.495. The first-order valence-electron chi connectivity index (χ1n) is 7.33. The third-order valence-corrected chi connectivity index (χ3v) is 6.23. The molecule has 2 N–H and O–H groups in total. The Balaban J connectivity index is 1.70. The summed E-state index contributed by atoms with van der Waals surface area (Å²) in [6.07, 6.45) is 9.90. The van der Waals surface area contributed by atoms with Crippen LogP contribution >= 0.6 is 11.8 Å². The van der Waals surface area contributed by atoms with Crippen LogP contribution in [0.3, 0.4) is 0 Å². The van der Waals surface area contributed by atoms with Crippen molar-refractivity contribution in [3.63, 3.8) is 0 Å². The molecule has 0 bridgehead atoms. The van der Waals surface area contributed by atoms with Crippen molar-refractivity contribution < 1.29 is 5.11 Å². The van der Waals surface area contributed by atoms with Gasteiger partial charge < -0.3 is 10.4 Å². The number of benzene rings is 1. The van der Waals surface area contributed by atoms with Gasteiger partial charge in [0.05, 0.1) is 0 Å². The summed E-state index contributed by atoms with van der Waals surface area (Å²) in [4.78, 5) is 0. The van der Waals surface area contributed by atoms with Crippen LogP contribution < -0.4 is 5.32 Å². The minimum absolute atomic E-state index is 0.402. The maximum Gasteiger partial charge on any atom is 0.115 e. The van der Waals surface area contributed by atoms with Gasteiger partial charge >= 0.3 is 0 Å². The third-order valence-electron chi connectivity index (χ3n) is 4.81. The van der Waals surface area contributed by atoms with E-state index in [0.717, 1.165) is 13.0 Å². The first-order valence-corrected chi connectivity index (χ1v) is 8.55. The zero-order valence-corrected chi connectivity index (χ0v) is 12.4. The highest BCUT2D eigenvalue weighted by Gasteiger charge is 2.36. The molecule has 1 atom stereocenters. The molecule has 1 fully saturated rings. The molecule has 1 unspecified atom stereocenters. The van der Waals surface area contributed by atoms with Crippen molar-refractivity contribution in [3.05, 3.63) is 29.3 Å². The number of phenols is 1. The molecule has 3 heteroatoms. The Morgan fingerprint density at radius 3 is 2.89 bits per heavy atom. The molecule has 0 heterocycles. The zero-order valence-electron chi connectivity index (χ0n) is 11.6. The van der Waals surface area contributed by atoms with E-state index in [4.69, 9.17) is 0 Å². The molecule has 104 valence electrons. The van der Waals surface area contributed by atoms with E-state index in [-0.39, 0.29) is 0 Å². The number of thioether (sulfide) groups is 1. The molecule has 2 nitrogen and oxygen atoms in total. The van der Waals surface area contributed by atoms with E-state index >= 15 is 0 Å². The summed E-state index contributed by atoms with van der Waals surface area (Å²) >= 11 is 2.03. The van der Waals surface area contributed by atoms with Gasteiger partial charge in [-0.05, 0) is 61.6 Å². The Hall–Kier alpha value is -0.670. The number of nitrogens with one attached hydrogen (secondary N) is 1. The van der Waals surface area contributed by atoms with Gasteiger partial charge in [-0.3, -0.25) is 0 Å². The van der Waals surface area contributed by atoms with Crippen molar-refractivity contribution in [3.8, 4) is 5.75 Å². The molecule has 0 amide bonds. The molecule has 0 aliphatic heterocycles. The van der Waals surface area contributed by atoms with Crippen LogP contribution in [0.2, 0.25) is 0 Å². The fraction of sp³-hybridized carbons (Fsp3) is 0.625. The predicted molar refractivity (Wildman–Crippen MR) is 81.9 cm³/mol. The van der Waals surface area contributed by atoms with Gasteiger partial charge in [0.25, 0.3) is 0 Å². The minimum atomic E-state index is 0.402. The van der Waals surface area contributed by atoms with Crippen molar-refractivity contribution in [1.29, 1.82) is 0 Å². The lowest BCUT2D eigenvalue weighted by Gasteiger charge is -2.42. The topological polar surface area (TPSA) is 32.3 Å². The van der Waals surface area contributed by atoms with Gasteiger partial charge in [-0.1, -0.05) is 12.5 Å². The summed E-state index contributed by atoms with van der Waals surface area (Å²) in [5.41, 5.74) is 2.73. The molecule has 0 aromatic heterocycles. The average Bonchev–Trinajstić information content (AvgIpc) is 2.37. The monoisotopic (exact) mass is 277 g/mol. The second-order valence-corrected chi connectivity index (χ2v) is 7.22. The molecular formula is C16H23NOS. The molecule has 19 heavy (non-hydrogen) atoms. The van der Waals surface area contributed by atoms with E-state index in [1.54, 1.807) is 0 Å². The van der Waals surface area contributed by atoms with E-state index < -0.39 is 0 Å². The van der Waals surface area contributed by atoms with Crippen molar-refractivity contribution >= 4 is 11.8 Å². The van der Waals surface area contributed by atoms with E-state index in [2.05, 4.69) is 17.6 Å². The molecule has 2 aliphatic rings. The van der Waals surface area contributed by atoms with Crippen LogP contribution in [-0.4, -0.2) is 22.7 Å². The number of fused-ring (bicyclic) bond motifs is 1. The first-order chi connectivity index (χ1) is 9.22. The van der Waals surface area contributed by atoms with Crippen LogP contribution in [0, 0.1) is 0 Å².